The third-order valence-corrected chi connectivity index (χ3v) is 3.10. The molecule has 0 amide bonds. The van der Waals surface area contributed by atoms with Crippen molar-refractivity contribution >= 4 is 21.6 Å². The molecule has 1 heterocycles. The Labute approximate surface area is 109 Å². The second kappa shape index (κ2) is 4.69. The SMILES string of the molecule is C[N+](C)(C)Cn1c(=O)sc2ccccc21.[Br-]. The first kappa shape index (κ1) is 13.4. The number of hydrogen-bond acceptors (Lipinski definition) is 2. The number of halogens is 1. The molecule has 0 saturated carbocycles. The van der Waals surface area contributed by atoms with Gasteiger partial charge in [0.15, 0.2) is 6.67 Å². The maximum atomic E-state index is 11.8. The Bertz CT molecular complexity index is 539. The van der Waals surface area contributed by atoms with Gasteiger partial charge in [0, 0.05) is 0 Å². The Morgan fingerprint density at radius 1 is 1.25 bits per heavy atom. The van der Waals surface area contributed by atoms with E-state index in [4.69, 9.17) is 0 Å². The van der Waals surface area contributed by atoms with Gasteiger partial charge in [0.1, 0.15) is 0 Å². The predicted molar refractivity (Wildman–Crippen MR) is 64.1 cm³/mol. The van der Waals surface area contributed by atoms with Crippen LogP contribution in [0, 0.1) is 0 Å². The van der Waals surface area contributed by atoms with Crippen LogP contribution in [0.25, 0.3) is 10.2 Å². The first-order valence-corrected chi connectivity index (χ1v) is 5.68. The molecule has 0 fully saturated rings. The van der Waals surface area contributed by atoms with Crippen molar-refractivity contribution in [1.29, 1.82) is 0 Å². The maximum Gasteiger partial charge on any atom is 0.312 e. The summed E-state index contributed by atoms with van der Waals surface area (Å²) in [6.07, 6.45) is 0. The van der Waals surface area contributed by atoms with Crippen molar-refractivity contribution in [2.75, 3.05) is 21.1 Å². The Hall–Kier alpha value is -0.650. The van der Waals surface area contributed by atoms with Crippen LogP contribution in [-0.4, -0.2) is 30.2 Å². The van der Waals surface area contributed by atoms with Gasteiger partial charge < -0.3 is 21.5 Å². The number of quaternary nitrogens is 1. The van der Waals surface area contributed by atoms with E-state index in [2.05, 4.69) is 21.1 Å². The molecule has 2 aromatic rings. The van der Waals surface area contributed by atoms with Crippen LogP contribution in [-0.2, 0) is 6.67 Å². The van der Waals surface area contributed by atoms with Crippen LogP contribution in [0.2, 0.25) is 0 Å². The van der Waals surface area contributed by atoms with E-state index in [0.29, 0.717) is 6.67 Å². The number of rotatable bonds is 2. The number of hydrogen-bond donors (Lipinski definition) is 0. The van der Waals surface area contributed by atoms with Crippen molar-refractivity contribution in [3.8, 4) is 0 Å². The fourth-order valence-corrected chi connectivity index (χ4v) is 2.46. The van der Waals surface area contributed by atoms with Gasteiger partial charge in [-0.25, -0.2) is 0 Å². The van der Waals surface area contributed by atoms with E-state index in [1.54, 1.807) is 0 Å². The Kier molecular flexibility index (Phi) is 3.93. The molecule has 2 rings (SSSR count). The normalized spacial score (nSPS) is 11.4. The minimum absolute atomic E-state index is 0. The number of fused-ring (bicyclic) bond motifs is 1. The summed E-state index contributed by atoms with van der Waals surface area (Å²) in [6, 6.07) is 7.94. The fraction of sp³-hybridized carbons (Fsp3) is 0.364. The summed E-state index contributed by atoms with van der Waals surface area (Å²) < 4.78 is 3.66. The van der Waals surface area contributed by atoms with Crippen molar-refractivity contribution in [2.45, 2.75) is 6.67 Å². The highest BCUT2D eigenvalue weighted by atomic mass is 79.9. The van der Waals surface area contributed by atoms with Crippen LogP contribution in [0.3, 0.4) is 0 Å². The van der Waals surface area contributed by atoms with E-state index < -0.39 is 0 Å². The van der Waals surface area contributed by atoms with Crippen LogP contribution in [0.5, 0.6) is 0 Å². The average Bonchev–Trinajstić information content (AvgIpc) is 2.41. The lowest BCUT2D eigenvalue weighted by molar-refractivity contribution is -0.892. The zero-order chi connectivity index (χ0) is 11.1. The van der Waals surface area contributed by atoms with Crippen molar-refractivity contribution < 1.29 is 21.5 Å². The molecule has 16 heavy (non-hydrogen) atoms. The molecule has 1 aromatic carbocycles. The average molecular weight is 303 g/mol. The molecule has 0 N–H and O–H groups in total. The van der Waals surface area contributed by atoms with Gasteiger partial charge in [-0.2, -0.15) is 0 Å². The third-order valence-electron chi connectivity index (χ3n) is 2.14. The van der Waals surface area contributed by atoms with Crippen molar-refractivity contribution in [3.05, 3.63) is 33.9 Å². The van der Waals surface area contributed by atoms with Crippen molar-refractivity contribution in [2.24, 2.45) is 0 Å². The zero-order valence-electron chi connectivity index (χ0n) is 9.61. The standard InChI is InChI=1S/C11H15N2OS.BrH/c1-13(2,3)8-12-9-6-4-5-7-10(9)15-11(12)14;/h4-7H,8H2,1-3H3;1H/q+1;/p-1. The smallest absolute Gasteiger partial charge is 0.312 e. The number of nitrogens with zero attached hydrogens (tertiary/aromatic N) is 2. The highest BCUT2D eigenvalue weighted by Gasteiger charge is 2.13. The highest BCUT2D eigenvalue weighted by Crippen LogP contribution is 2.17. The van der Waals surface area contributed by atoms with E-state index >= 15 is 0 Å². The number of para-hydroxylation sites is 1. The van der Waals surface area contributed by atoms with Gasteiger partial charge in [-0.05, 0) is 12.1 Å². The van der Waals surface area contributed by atoms with Crippen LogP contribution >= 0.6 is 11.3 Å². The van der Waals surface area contributed by atoms with Crippen LogP contribution in [0.4, 0.5) is 0 Å². The quantitative estimate of drug-likeness (QED) is 0.634. The monoisotopic (exact) mass is 302 g/mol. The van der Waals surface area contributed by atoms with Gasteiger partial charge in [-0.15, -0.1) is 0 Å². The first-order chi connectivity index (χ1) is 6.97. The minimum Gasteiger partial charge on any atom is -1.00 e. The lowest BCUT2D eigenvalue weighted by atomic mass is 10.3. The summed E-state index contributed by atoms with van der Waals surface area (Å²) in [6.45, 7) is 0.711. The maximum absolute atomic E-state index is 11.8. The molecule has 5 heteroatoms. The third kappa shape index (κ3) is 2.72. The molecule has 3 nitrogen and oxygen atoms in total. The molecule has 0 bridgehead atoms. The Morgan fingerprint density at radius 3 is 2.50 bits per heavy atom. The summed E-state index contributed by atoms with van der Waals surface area (Å²) in [7, 11) is 6.25. The van der Waals surface area contributed by atoms with Gasteiger partial charge in [0.2, 0.25) is 0 Å². The van der Waals surface area contributed by atoms with E-state index in [1.165, 1.54) is 11.3 Å². The second-order valence-corrected chi connectivity index (χ2v) is 5.69. The molecule has 0 unspecified atom stereocenters. The van der Waals surface area contributed by atoms with E-state index in [0.717, 1.165) is 14.7 Å². The molecular weight excluding hydrogens is 288 g/mol. The molecule has 0 atom stereocenters. The zero-order valence-corrected chi connectivity index (χ0v) is 12.0. The van der Waals surface area contributed by atoms with Crippen LogP contribution < -0.4 is 21.9 Å². The van der Waals surface area contributed by atoms with Crippen LogP contribution in [0.1, 0.15) is 0 Å². The van der Waals surface area contributed by atoms with Gasteiger partial charge >= 0.3 is 4.87 Å². The van der Waals surface area contributed by atoms with Gasteiger partial charge in [0.25, 0.3) is 0 Å². The summed E-state index contributed by atoms with van der Waals surface area (Å²) in [5.41, 5.74) is 1.04. The van der Waals surface area contributed by atoms with Crippen LogP contribution in [0.15, 0.2) is 29.1 Å². The molecule has 0 aliphatic carbocycles. The largest absolute Gasteiger partial charge is 1.00 e. The molecule has 88 valence electrons. The summed E-state index contributed by atoms with van der Waals surface area (Å²) >= 11 is 1.32. The molecular formula is C11H15BrN2OS. The van der Waals surface area contributed by atoms with E-state index in [1.807, 2.05) is 28.8 Å². The predicted octanol–water partition coefficient (Wildman–Crippen LogP) is -1.27. The Morgan fingerprint density at radius 2 is 1.88 bits per heavy atom. The van der Waals surface area contributed by atoms with E-state index in [-0.39, 0.29) is 21.9 Å². The van der Waals surface area contributed by atoms with E-state index in [9.17, 15) is 4.79 Å². The molecule has 0 saturated heterocycles. The van der Waals surface area contributed by atoms with Crippen molar-refractivity contribution in [3.63, 3.8) is 0 Å². The summed E-state index contributed by atoms with van der Waals surface area (Å²) in [5.74, 6) is 0. The lowest BCUT2D eigenvalue weighted by Crippen LogP contribution is -3.00. The molecule has 0 radical (unpaired) electrons. The van der Waals surface area contributed by atoms with Crippen molar-refractivity contribution in [1.82, 2.24) is 4.57 Å². The molecule has 0 spiro atoms. The number of thiazole rings is 1. The second-order valence-electron chi connectivity index (χ2n) is 4.70. The summed E-state index contributed by atoms with van der Waals surface area (Å²) in [4.78, 5) is 11.9. The summed E-state index contributed by atoms with van der Waals surface area (Å²) in [5, 5.41) is 0. The minimum atomic E-state index is 0. The highest BCUT2D eigenvalue weighted by molar-refractivity contribution is 7.16. The molecule has 0 aliphatic heterocycles. The Balaban J connectivity index is 0.00000128. The number of aromatic nitrogens is 1. The van der Waals surface area contributed by atoms with Gasteiger partial charge in [-0.3, -0.25) is 9.36 Å². The molecule has 0 aliphatic rings. The lowest BCUT2D eigenvalue weighted by Gasteiger charge is -2.24. The molecule has 1 aromatic heterocycles. The topological polar surface area (TPSA) is 22.0 Å². The first-order valence-electron chi connectivity index (χ1n) is 4.86. The van der Waals surface area contributed by atoms with Gasteiger partial charge in [-0.1, -0.05) is 23.5 Å². The van der Waals surface area contributed by atoms with Gasteiger partial charge in [0.05, 0.1) is 31.4 Å². The number of benzene rings is 1. The fourth-order valence-electron chi connectivity index (χ4n) is 1.57.